The van der Waals surface area contributed by atoms with Gasteiger partial charge in [0, 0.05) is 12.4 Å². The van der Waals surface area contributed by atoms with Crippen LogP contribution in [-0.2, 0) is 22.2 Å². The van der Waals surface area contributed by atoms with Crippen molar-refractivity contribution in [2.24, 2.45) is 0 Å². The normalized spacial score (nSPS) is 11.9. The van der Waals surface area contributed by atoms with Crippen LogP contribution in [0.25, 0.3) is 11.4 Å². The fourth-order valence-electron chi connectivity index (χ4n) is 2.07. The Labute approximate surface area is 162 Å². The zero-order valence-corrected chi connectivity index (χ0v) is 18.4. The van der Waals surface area contributed by atoms with E-state index in [0.29, 0.717) is 0 Å². The van der Waals surface area contributed by atoms with Crippen molar-refractivity contribution >= 4 is 30.1 Å². The third-order valence-electron chi connectivity index (χ3n) is 3.51. The van der Waals surface area contributed by atoms with Gasteiger partial charge in [-0.3, -0.25) is 9.97 Å². The molecule has 0 amide bonds. The first-order chi connectivity index (χ1) is 10.9. The second-order valence-corrected chi connectivity index (χ2v) is 13.9. The van der Waals surface area contributed by atoms with Gasteiger partial charge in [0.05, 0.1) is 11.4 Å². The number of aromatic nitrogens is 2. The SMILES string of the molecule is CC(C)(C)c1ccnc(-c2cc(C(C)(C)C)ccn2)c1.[Cl][Cr]([Cl])[Cl]. The van der Waals surface area contributed by atoms with Gasteiger partial charge in [-0.25, -0.2) is 0 Å². The van der Waals surface area contributed by atoms with Crippen molar-refractivity contribution < 1.29 is 11.4 Å². The molecule has 133 valence electrons. The molecule has 0 fully saturated rings. The van der Waals surface area contributed by atoms with Crippen LogP contribution in [0.3, 0.4) is 0 Å². The van der Waals surface area contributed by atoms with E-state index in [4.69, 9.17) is 30.1 Å². The van der Waals surface area contributed by atoms with Crippen LogP contribution < -0.4 is 0 Å². The maximum absolute atomic E-state index is 4.93. The Balaban J connectivity index is 0.000000648. The molecule has 0 saturated heterocycles. The van der Waals surface area contributed by atoms with Gasteiger partial charge >= 0.3 is 41.5 Å². The zero-order chi connectivity index (χ0) is 18.5. The van der Waals surface area contributed by atoms with Crippen molar-refractivity contribution in [2.45, 2.75) is 52.4 Å². The summed E-state index contributed by atoms with van der Waals surface area (Å²) in [6.07, 6.45) is 3.75. The van der Waals surface area contributed by atoms with Gasteiger partial charge < -0.3 is 0 Å². The zero-order valence-electron chi connectivity index (χ0n) is 14.9. The number of pyridine rings is 2. The van der Waals surface area contributed by atoms with E-state index in [9.17, 15) is 0 Å². The second-order valence-electron chi connectivity index (χ2n) is 7.53. The molecule has 0 bridgehead atoms. The van der Waals surface area contributed by atoms with Crippen LogP contribution in [0.5, 0.6) is 0 Å². The van der Waals surface area contributed by atoms with E-state index in [1.165, 1.54) is 11.1 Å². The average Bonchev–Trinajstić information content (AvgIpc) is 2.45. The van der Waals surface area contributed by atoms with Gasteiger partial charge in [-0.15, -0.1) is 0 Å². The van der Waals surface area contributed by atoms with Crippen LogP contribution in [0.1, 0.15) is 52.7 Å². The summed E-state index contributed by atoms with van der Waals surface area (Å²) in [6.45, 7) is 13.3. The van der Waals surface area contributed by atoms with E-state index in [-0.39, 0.29) is 10.8 Å². The Morgan fingerprint density at radius 1 is 0.708 bits per heavy atom. The molecule has 0 aliphatic carbocycles. The molecule has 0 atom stereocenters. The number of hydrogen-bond donors (Lipinski definition) is 0. The van der Waals surface area contributed by atoms with E-state index in [1.807, 2.05) is 12.4 Å². The number of nitrogens with zero attached hydrogens (tertiary/aromatic N) is 2. The van der Waals surface area contributed by atoms with Crippen LogP contribution in [0.15, 0.2) is 36.7 Å². The Morgan fingerprint density at radius 2 is 1.00 bits per heavy atom. The van der Waals surface area contributed by atoms with Crippen molar-refractivity contribution in [3.63, 3.8) is 0 Å². The topological polar surface area (TPSA) is 25.8 Å². The standard InChI is InChI=1S/C18H24N2.3ClH.Cr/c1-17(2,3)13-7-9-19-15(11-13)16-12-14(8-10-20-16)18(4,5)6;;;;/h7-12H,1-6H3;3*1H;/q;;;;+3/p-3. The molecule has 24 heavy (non-hydrogen) atoms. The fourth-order valence-corrected chi connectivity index (χ4v) is 2.07. The summed E-state index contributed by atoms with van der Waals surface area (Å²) in [7, 11) is 14.8. The predicted molar refractivity (Wildman–Crippen MR) is 102 cm³/mol. The minimum absolute atomic E-state index is 0.124. The molecule has 2 aromatic rings. The molecule has 2 nitrogen and oxygen atoms in total. The van der Waals surface area contributed by atoms with Crippen molar-refractivity contribution in [1.29, 1.82) is 0 Å². The van der Waals surface area contributed by atoms with E-state index in [2.05, 4.69) is 75.8 Å². The average molecular weight is 427 g/mol. The Kier molecular flexibility index (Phi) is 8.04. The van der Waals surface area contributed by atoms with Gasteiger partial charge in [-0.1, -0.05) is 41.5 Å². The Morgan fingerprint density at radius 3 is 1.25 bits per heavy atom. The van der Waals surface area contributed by atoms with Crippen LogP contribution in [0, 0.1) is 0 Å². The molecule has 0 aliphatic heterocycles. The van der Waals surface area contributed by atoms with Crippen LogP contribution in [0.2, 0.25) is 0 Å². The van der Waals surface area contributed by atoms with Gasteiger partial charge in [-0.05, 0) is 46.2 Å². The van der Waals surface area contributed by atoms with Crippen molar-refractivity contribution in [3.05, 3.63) is 47.8 Å². The van der Waals surface area contributed by atoms with Crippen LogP contribution >= 0.6 is 30.1 Å². The predicted octanol–water partition coefficient (Wildman–Crippen LogP) is 6.80. The quantitative estimate of drug-likeness (QED) is 0.501. The number of hydrogen-bond acceptors (Lipinski definition) is 2. The molecule has 0 radical (unpaired) electrons. The second kappa shape index (κ2) is 8.88. The summed E-state index contributed by atoms with van der Waals surface area (Å²) in [5.74, 6) is 0. The van der Waals surface area contributed by atoms with E-state index in [0.717, 1.165) is 11.4 Å². The summed E-state index contributed by atoms with van der Waals surface area (Å²) < 4.78 is 0. The first-order valence-electron chi connectivity index (χ1n) is 7.58. The van der Waals surface area contributed by atoms with Crippen LogP contribution in [0.4, 0.5) is 0 Å². The molecule has 2 rings (SSSR count). The number of halogens is 3. The third-order valence-corrected chi connectivity index (χ3v) is 3.51. The fraction of sp³-hybridized carbons (Fsp3) is 0.444. The summed E-state index contributed by atoms with van der Waals surface area (Å²) in [4.78, 5) is 8.97. The molecule has 6 heteroatoms. The molecule has 0 unspecified atom stereocenters. The minimum atomic E-state index is -1.62. The molecule has 0 aliphatic rings. The monoisotopic (exact) mass is 425 g/mol. The van der Waals surface area contributed by atoms with Gasteiger partial charge in [-0.2, -0.15) is 0 Å². The van der Waals surface area contributed by atoms with Crippen molar-refractivity contribution in [3.8, 4) is 11.4 Å². The van der Waals surface area contributed by atoms with Gasteiger partial charge in [0.2, 0.25) is 0 Å². The van der Waals surface area contributed by atoms with Gasteiger partial charge in [0.1, 0.15) is 0 Å². The van der Waals surface area contributed by atoms with Crippen molar-refractivity contribution in [2.75, 3.05) is 0 Å². The number of rotatable bonds is 1. The van der Waals surface area contributed by atoms with E-state index in [1.54, 1.807) is 0 Å². The van der Waals surface area contributed by atoms with E-state index < -0.39 is 11.4 Å². The summed E-state index contributed by atoms with van der Waals surface area (Å²) in [5.41, 5.74) is 4.71. The van der Waals surface area contributed by atoms with Gasteiger partial charge in [0.25, 0.3) is 0 Å². The van der Waals surface area contributed by atoms with Crippen molar-refractivity contribution in [1.82, 2.24) is 9.97 Å². The maximum atomic E-state index is 4.93. The molecule has 0 N–H and O–H groups in total. The molecule has 0 aromatic carbocycles. The molecule has 0 spiro atoms. The molecule has 0 saturated carbocycles. The molecule has 2 heterocycles. The van der Waals surface area contributed by atoms with Gasteiger partial charge in [0.15, 0.2) is 0 Å². The molecular formula is C18H24Cl3CrN2. The third kappa shape index (κ3) is 7.30. The first-order valence-corrected chi connectivity index (χ1v) is 12.8. The van der Waals surface area contributed by atoms with E-state index >= 15 is 0 Å². The summed E-state index contributed by atoms with van der Waals surface area (Å²) in [5, 5.41) is 0. The molecule has 2 aromatic heterocycles. The van der Waals surface area contributed by atoms with Crippen LogP contribution in [-0.4, -0.2) is 9.97 Å². The Bertz CT molecular complexity index is 604. The Hall–Kier alpha value is -0.298. The summed E-state index contributed by atoms with van der Waals surface area (Å²) >= 11 is -1.62. The molecular weight excluding hydrogens is 403 g/mol. The summed E-state index contributed by atoms with van der Waals surface area (Å²) in [6, 6.07) is 8.46. The first kappa shape index (κ1) is 21.7.